The number of likely N-dealkylation sites (tertiary alicyclic amines) is 1. The molecular formula is C21H22ClN5O4. The average molecular weight is 444 g/mol. The van der Waals surface area contributed by atoms with Crippen molar-refractivity contribution in [2.45, 2.75) is 37.8 Å². The number of fused-ring (bicyclic) bond motifs is 1. The highest BCUT2D eigenvalue weighted by Gasteiger charge is 2.39. The van der Waals surface area contributed by atoms with Gasteiger partial charge in [-0.3, -0.25) is 0 Å². The van der Waals surface area contributed by atoms with Crippen LogP contribution in [0.4, 0.5) is 4.79 Å². The normalized spacial score (nSPS) is 21.4. The van der Waals surface area contributed by atoms with Gasteiger partial charge < -0.3 is 19.8 Å². The molecule has 2 N–H and O–H groups in total. The van der Waals surface area contributed by atoms with Crippen LogP contribution >= 0.6 is 11.6 Å². The van der Waals surface area contributed by atoms with Crippen LogP contribution in [0.5, 0.6) is 11.6 Å². The van der Waals surface area contributed by atoms with Gasteiger partial charge in [-0.05, 0) is 55.9 Å². The van der Waals surface area contributed by atoms with Crippen molar-refractivity contribution in [2.75, 3.05) is 13.1 Å². The van der Waals surface area contributed by atoms with Crippen molar-refractivity contribution in [1.29, 1.82) is 0 Å². The van der Waals surface area contributed by atoms with Crippen molar-refractivity contribution in [3.05, 3.63) is 41.0 Å². The van der Waals surface area contributed by atoms with E-state index in [1.807, 2.05) is 10.7 Å². The molecule has 1 aromatic carbocycles. The maximum absolute atomic E-state index is 11.4. The van der Waals surface area contributed by atoms with Crippen molar-refractivity contribution in [1.82, 2.24) is 24.9 Å². The predicted octanol–water partition coefficient (Wildman–Crippen LogP) is 3.64. The number of carboxylic acid groups (broad SMARTS) is 1. The fraction of sp³-hybridized carbons (Fsp3) is 0.429. The fourth-order valence-corrected chi connectivity index (χ4v) is 4.33. The summed E-state index contributed by atoms with van der Waals surface area (Å²) in [6, 6.07) is 6.99. The molecule has 162 valence electrons. The first-order chi connectivity index (χ1) is 14.9. The number of rotatable bonds is 5. The number of amides is 1. The smallest absolute Gasteiger partial charge is 0.407 e. The van der Waals surface area contributed by atoms with Crippen LogP contribution in [0, 0.1) is 5.92 Å². The van der Waals surface area contributed by atoms with Crippen LogP contribution < -0.4 is 4.74 Å². The Morgan fingerprint density at radius 3 is 2.94 bits per heavy atom. The van der Waals surface area contributed by atoms with Crippen LogP contribution in [0.15, 0.2) is 30.5 Å². The number of nitrogens with zero attached hydrogens (tertiary/aromatic N) is 5. The molecule has 2 aliphatic rings. The van der Waals surface area contributed by atoms with E-state index in [1.54, 1.807) is 24.4 Å². The molecule has 1 aliphatic heterocycles. The number of piperidine rings is 1. The van der Waals surface area contributed by atoms with Gasteiger partial charge in [0.2, 0.25) is 5.88 Å². The summed E-state index contributed by atoms with van der Waals surface area (Å²) in [5.41, 5.74) is 0.415. The highest BCUT2D eigenvalue weighted by atomic mass is 35.5. The number of benzene rings is 1. The molecule has 3 heterocycles. The van der Waals surface area contributed by atoms with E-state index in [0.29, 0.717) is 47.2 Å². The molecular weight excluding hydrogens is 422 g/mol. The monoisotopic (exact) mass is 443 g/mol. The molecule has 10 heteroatoms. The summed E-state index contributed by atoms with van der Waals surface area (Å²) in [6.07, 6.45) is 3.85. The number of hydrogen-bond donors (Lipinski definition) is 2. The molecule has 1 amide bonds. The molecule has 31 heavy (non-hydrogen) atoms. The minimum atomic E-state index is -1.40. The lowest BCUT2D eigenvalue weighted by molar-refractivity contribution is -0.0311. The summed E-state index contributed by atoms with van der Waals surface area (Å²) < 4.78 is 7.88. The number of pyridine rings is 1. The molecule has 2 fully saturated rings. The number of hydrogen-bond acceptors (Lipinski definition) is 6. The van der Waals surface area contributed by atoms with E-state index in [-0.39, 0.29) is 12.4 Å². The van der Waals surface area contributed by atoms with E-state index < -0.39 is 11.7 Å². The third kappa shape index (κ3) is 3.79. The van der Waals surface area contributed by atoms with Crippen molar-refractivity contribution >= 4 is 28.7 Å². The molecule has 1 aliphatic carbocycles. The van der Waals surface area contributed by atoms with E-state index in [9.17, 15) is 15.0 Å². The van der Waals surface area contributed by atoms with E-state index in [0.717, 1.165) is 12.1 Å². The molecule has 5 rings (SSSR count). The number of halogens is 1. The van der Waals surface area contributed by atoms with Crippen molar-refractivity contribution in [2.24, 2.45) is 5.92 Å². The quantitative estimate of drug-likeness (QED) is 0.618. The average Bonchev–Trinajstić information content (AvgIpc) is 3.48. The minimum Gasteiger partial charge on any atom is -0.465 e. The third-order valence-electron chi connectivity index (χ3n) is 5.94. The zero-order valence-corrected chi connectivity index (χ0v) is 17.5. The van der Waals surface area contributed by atoms with Crippen LogP contribution in [0.3, 0.4) is 0 Å². The second-order valence-corrected chi connectivity index (χ2v) is 8.64. The van der Waals surface area contributed by atoms with E-state index in [2.05, 4.69) is 15.3 Å². The van der Waals surface area contributed by atoms with Crippen molar-refractivity contribution in [3.63, 3.8) is 0 Å². The standard InChI is InChI=1S/C21H22ClN5O4/c22-17-16(7-6-15-18(17)24-25-27(15)11-13-4-5-13)31-19-14(3-1-9-23-19)21(30)8-2-10-26(12-21)20(28)29/h1,3,6-7,9,13,30H,2,4-5,8,10-12H2,(H,28,29). The fourth-order valence-electron chi connectivity index (χ4n) is 4.09. The summed E-state index contributed by atoms with van der Waals surface area (Å²) in [4.78, 5) is 16.9. The second-order valence-electron chi connectivity index (χ2n) is 8.26. The Morgan fingerprint density at radius 1 is 1.32 bits per heavy atom. The van der Waals surface area contributed by atoms with Crippen LogP contribution in [-0.2, 0) is 12.1 Å². The van der Waals surface area contributed by atoms with Gasteiger partial charge in [0.15, 0.2) is 5.75 Å². The predicted molar refractivity (Wildman–Crippen MR) is 112 cm³/mol. The lowest BCUT2D eigenvalue weighted by Crippen LogP contribution is -2.48. The van der Waals surface area contributed by atoms with Crippen molar-refractivity contribution < 1.29 is 19.7 Å². The van der Waals surface area contributed by atoms with E-state index in [4.69, 9.17) is 16.3 Å². The van der Waals surface area contributed by atoms with Gasteiger partial charge in [0, 0.05) is 24.8 Å². The van der Waals surface area contributed by atoms with Gasteiger partial charge >= 0.3 is 6.09 Å². The van der Waals surface area contributed by atoms with Gasteiger partial charge in [0.25, 0.3) is 0 Å². The molecule has 0 spiro atoms. The van der Waals surface area contributed by atoms with Gasteiger partial charge in [-0.25, -0.2) is 14.5 Å². The van der Waals surface area contributed by atoms with E-state index in [1.165, 1.54) is 17.7 Å². The summed E-state index contributed by atoms with van der Waals surface area (Å²) in [6.45, 7) is 1.16. The second kappa shape index (κ2) is 7.65. The van der Waals surface area contributed by atoms with Gasteiger partial charge in [-0.15, -0.1) is 5.10 Å². The highest BCUT2D eigenvalue weighted by molar-refractivity contribution is 6.36. The molecule has 0 bridgehead atoms. The SMILES string of the molecule is O=C(O)N1CCCC(O)(c2cccnc2Oc2ccc3c(nnn3CC3CC3)c2Cl)C1. The molecule has 1 saturated carbocycles. The number of aromatic nitrogens is 4. The Balaban J connectivity index is 1.46. The zero-order chi connectivity index (χ0) is 21.6. The molecule has 1 atom stereocenters. The van der Waals surface area contributed by atoms with Gasteiger partial charge in [-0.2, -0.15) is 0 Å². The van der Waals surface area contributed by atoms with Crippen LogP contribution in [0.2, 0.25) is 5.02 Å². The minimum absolute atomic E-state index is 0.0490. The molecule has 2 aromatic heterocycles. The lowest BCUT2D eigenvalue weighted by atomic mass is 9.86. The first kappa shape index (κ1) is 20.0. The van der Waals surface area contributed by atoms with Crippen LogP contribution in [0.25, 0.3) is 11.0 Å². The number of ether oxygens (including phenoxy) is 1. The maximum atomic E-state index is 11.4. The van der Waals surface area contributed by atoms with Gasteiger partial charge in [0.05, 0.1) is 12.1 Å². The Morgan fingerprint density at radius 2 is 2.16 bits per heavy atom. The van der Waals surface area contributed by atoms with Crippen LogP contribution in [-0.4, -0.2) is 54.3 Å². The topological polar surface area (TPSA) is 114 Å². The van der Waals surface area contributed by atoms with Crippen molar-refractivity contribution in [3.8, 4) is 11.6 Å². The molecule has 1 unspecified atom stereocenters. The lowest BCUT2D eigenvalue weighted by Gasteiger charge is -2.38. The summed E-state index contributed by atoms with van der Waals surface area (Å²) in [5.74, 6) is 1.18. The number of aliphatic hydroxyl groups is 1. The Labute approximate surface area is 183 Å². The maximum Gasteiger partial charge on any atom is 0.407 e. The van der Waals surface area contributed by atoms with Gasteiger partial charge in [0.1, 0.15) is 16.1 Å². The first-order valence-corrected chi connectivity index (χ1v) is 10.7. The Bertz CT molecular complexity index is 1150. The molecule has 9 nitrogen and oxygen atoms in total. The van der Waals surface area contributed by atoms with Crippen LogP contribution in [0.1, 0.15) is 31.2 Å². The Kier molecular flexibility index (Phi) is 4.94. The molecule has 1 saturated heterocycles. The summed E-state index contributed by atoms with van der Waals surface area (Å²) in [7, 11) is 0. The highest BCUT2D eigenvalue weighted by Crippen LogP contribution is 2.40. The Hall–Kier alpha value is -2.91. The largest absolute Gasteiger partial charge is 0.465 e. The molecule has 3 aromatic rings. The summed E-state index contributed by atoms with van der Waals surface area (Å²) >= 11 is 6.58. The zero-order valence-electron chi connectivity index (χ0n) is 16.7. The summed E-state index contributed by atoms with van der Waals surface area (Å²) in [5, 5.41) is 29.4. The third-order valence-corrected chi connectivity index (χ3v) is 6.30. The number of β-amino-alcohol motifs (C(OH)–C–C–N with tert-alkyl or cyclic N) is 1. The first-order valence-electron chi connectivity index (χ1n) is 10.3. The molecule has 0 radical (unpaired) electrons. The number of carbonyl (C=O) groups is 1. The van der Waals surface area contributed by atoms with E-state index >= 15 is 0 Å². The van der Waals surface area contributed by atoms with Gasteiger partial charge in [-0.1, -0.05) is 16.8 Å².